The van der Waals surface area contributed by atoms with E-state index >= 15 is 0 Å². The van der Waals surface area contributed by atoms with Crippen molar-refractivity contribution in [1.82, 2.24) is 10.2 Å². The Bertz CT molecular complexity index is 2290. The van der Waals surface area contributed by atoms with E-state index in [4.69, 9.17) is 28.4 Å². The lowest BCUT2D eigenvalue weighted by Crippen LogP contribution is -2.59. The molecule has 2 heterocycles. The van der Waals surface area contributed by atoms with Crippen LogP contribution < -0.4 is 5.32 Å². The molecule has 4 aliphatic rings. The van der Waals surface area contributed by atoms with E-state index < -0.39 is 109 Å². The van der Waals surface area contributed by atoms with Gasteiger partial charge in [0.2, 0.25) is 11.8 Å². The minimum absolute atomic E-state index is 0.0498. The Morgan fingerprint density at radius 3 is 2.25 bits per heavy atom. The van der Waals surface area contributed by atoms with Gasteiger partial charge >= 0.3 is 11.9 Å². The minimum atomic E-state index is -1.60. The van der Waals surface area contributed by atoms with Gasteiger partial charge < -0.3 is 64.2 Å². The van der Waals surface area contributed by atoms with Gasteiger partial charge in [-0.2, -0.15) is 0 Å². The van der Waals surface area contributed by atoms with Gasteiger partial charge in [-0.3, -0.25) is 14.4 Å². The number of rotatable bonds is 17. The molecule has 3 aromatic rings. The van der Waals surface area contributed by atoms with Crippen molar-refractivity contribution in [3.63, 3.8) is 0 Å². The van der Waals surface area contributed by atoms with E-state index in [2.05, 4.69) is 5.32 Å². The van der Waals surface area contributed by atoms with Crippen molar-refractivity contribution in [3.05, 3.63) is 124 Å². The third-order valence-corrected chi connectivity index (χ3v) is 12.5. The van der Waals surface area contributed by atoms with Crippen molar-refractivity contribution in [1.29, 1.82) is 0 Å². The number of nitrogens with one attached hydrogen (secondary N) is 1. The van der Waals surface area contributed by atoms with Gasteiger partial charge in [0.25, 0.3) is 0 Å². The number of ether oxygens (including phenoxy) is 6. The fourth-order valence-electron chi connectivity index (χ4n) is 9.01. The molecule has 6 N–H and O–H groups in total. The lowest BCUT2D eigenvalue weighted by atomic mass is 9.90. The number of hydrogen-bond donors (Lipinski definition) is 6. The van der Waals surface area contributed by atoms with E-state index in [0.717, 1.165) is 16.7 Å². The molecule has 2 amide bonds. The molecule has 0 aromatic heterocycles. The number of aliphatic hydroxyl groups excluding tert-OH is 5. The maximum absolute atomic E-state index is 14.8. The van der Waals surface area contributed by atoms with Crippen LogP contribution in [0.25, 0.3) is 6.08 Å². The molecule has 3 aromatic carbocycles. The van der Waals surface area contributed by atoms with Gasteiger partial charge in [-0.25, -0.2) is 4.79 Å². The van der Waals surface area contributed by atoms with Crippen LogP contribution in [0, 0.1) is 0 Å². The van der Waals surface area contributed by atoms with Gasteiger partial charge in [-0.15, -0.1) is 0 Å². The highest BCUT2D eigenvalue weighted by atomic mass is 16.8. The zero-order valence-corrected chi connectivity index (χ0v) is 38.6. The van der Waals surface area contributed by atoms with Gasteiger partial charge in [-0.1, -0.05) is 84.9 Å². The smallest absolute Gasteiger partial charge is 0.339 e. The molecule has 2 fully saturated rings. The Balaban J connectivity index is 1.10. The van der Waals surface area contributed by atoms with Crippen molar-refractivity contribution >= 4 is 29.8 Å². The fraction of sp³-hybridized carbons (Fsp3) is 0.490. The van der Waals surface area contributed by atoms with Gasteiger partial charge in [0.1, 0.15) is 54.4 Å². The highest BCUT2D eigenvalue weighted by Crippen LogP contribution is 2.45. The number of benzene rings is 3. The second-order valence-corrected chi connectivity index (χ2v) is 18.7. The van der Waals surface area contributed by atoms with E-state index in [-0.39, 0.29) is 43.4 Å². The molecule has 0 saturated carbocycles. The molecule has 2 aliphatic carbocycles. The van der Waals surface area contributed by atoms with Gasteiger partial charge in [-0.05, 0) is 61.6 Å². The lowest BCUT2D eigenvalue weighted by molar-refractivity contribution is -0.298. The molecule has 2 aliphatic heterocycles. The molecular formula is C51H62N2O15. The highest BCUT2D eigenvalue weighted by Gasteiger charge is 2.55. The van der Waals surface area contributed by atoms with E-state index in [9.17, 15) is 44.7 Å². The molecule has 7 rings (SSSR count). The maximum atomic E-state index is 14.8. The Labute approximate surface area is 395 Å². The molecule has 10 atom stereocenters. The van der Waals surface area contributed by atoms with E-state index in [1.54, 1.807) is 63.3 Å². The van der Waals surface area contributed by atoms with Crippen LogP contribution in [0.1, 0.15) is 72.6 Å². The third kappa shape index (κ3) is 12.1. The fourth-order valence-corrected chi connectivity index (χ4v) is 9.01. The zero-order chi connectivity index (χ0) is 48.8. The number of aliphatic hydroxyl groups is 5. The van der Waals surface area contributed by atoms with Crippen LogP contribution >= 0.6 is 0 Å². The first-order valence-electron chi connectivity index (χ1n) is 22.9. The van der Waals surface area contributed by atoms with Crippen molar-refractivity contribution in [2.24, 2.45) is 0 Å². The first kappa shape index (κ1) is 50.5. The number of amides is 2. The van der Waals surface area contributed by atoms with Crippen LogP contribution in [0.3, 0.4) is 0 Å². The lowest BCUT2D eigenvalue weighted by Gasteiger charge is -2.39. The molecular weight excluding hydrogens is 881 g/mol. The number of nitrogens with zero attached hydrogens (tertiary/aromatic N) is 1. The Kier molecular flexibility index (Phi) is 16.3. The zero-order valence-electron chi connectivity index (χ0n) is 38.6. The van der Waals surface area contributed by atoms with Crippen LogP contribution in [-0.4, -0.2) is 154 Å². The van der Waals surface area contributed by atoms with E-state index in [0.29, 0.717) is 18.4 Å². The normalized spacial score (nSPS) is 26.0. The molecule has 0 radical (unpaired) electrons. The quantitative estimate of drug-likeness (QED) is 0.107. The summed E-state index contributed by atoms with van der Waals surface area (Å²) in [6, 6.07) is 21.9. The summed E-state index contributed by atoms with van der Waals surface area (Å²) >= 11 is 0. The number of fused-ring (bicyclic) bond motifs is 2. The summed E-state index contributed by atoms with van der Waals surface area (Å²) in [5, 5.41) is 53.2. The van der Waals surface area contributed by atoms with Crippen molar-refractivity contribution in [2.45, 2.75) is 132 Å². The number of esters is 2. The first-order chi connectivity index (χ1) is 32.5. The van der Waals surface area contributed by atoms with E-state index in [1.165, 1.54) is 11.9 Å². The molecule has 366 valence electrons. The predicted octanol–water partition coefficient (Wildman–Crippen LogP) is 2.32. The van der Waals surface area contributed by atoms with Gasteiger partial charge in [0, 0.05) is 44.7 Å². The molecule has 17 heteroatoms. The number of hydrogen-bond acceptors (Lipinski definition) is 15. The topological polar surface area (TPSA) is 240 Å². The summed E-state index contributed by atoms with van der Waals surface area (Å²) in [6.07, 6.45) is -4.03. The Morgan fingerprint density at radius 2 is 1.57 bits per heavy atom. The Morgan fingerprint density at radius 1 is 0.897 bits per heavy atom. The second kappa shape index (κ2) is 22.0. The molecule has 2 saturated heterocycles. The molecule has 17 nitrogen and oxygen atoms in total. The number of carbonyl (C=O) groups is 4. The van der Waals surface area contributed by atoms with Gasteiger partial charge in [0.05, 0.1) is 31.4 Å². The summed E-state index contributed by atoms with van der Waals surface area (Å²) < 4.78 is 36.1. The summed E-state index contributed by atoms with van der Waals surface area (Å²) in [5.74, 6) is -3.33. The van der Waals surface area contributed by atoms with Crippen LogP contribution in [-0.2, 0) is 62.1 Å². The monoisotopic (exact) mass is 942 g/mol. The summed E-state index contributed by atoms with van der Waals surface area (Å²) in [6.45, 7) is 4.05. The first-order valence-corrected chi connectivity index (χ1v) is 22.9. The van der Waals surface area contributed by atoms with Crippen molar-refractivity contribution in [2.75, 3.05) is 26.9 Å². The molecule has 0 bridgehead atoms. The van der Waals surface area contributed by atoms with Crippen LogP contribution in [0.5, 0.6) is 0 Å². The van der Waals surface area contributed by atoms with Gasteiger partial charge in [0.15, 0.2) is 12.1 Å². The number of likely N-dealkylation sites (N-methyl/N-ethyl adjacent to an activating group) is 1. The summed E-state index contributed by atoms with van der Waals surface area (Å²) in [7, 11) is 1.52. The molecule has 10 unspecified atom stereocenters. The van der Waals surface area contributed by atoms with Crippen molar-refractivity contribution < 1.29 is 73.1 Å². The SMILES string of the molecule is CN(C(=O)C1=CC2OC3(Cc4ccccc4C3)OC2C(OC(=O)c2ccccc2C=CCOC2OC(CO)C(O)C(O)C2O)C1)C(Cc1ccccc1)C(=O)NC(CO)CCC(=O)OC(C)(C)C. The average molecular weight is 943 g/mol. The third-order valence-electron chi connectivity index (χ3n) is 12.5. The second-order valence-electron chi connectivity index (χ2n) is 18.7. The Hall–Kier alpha value is -5.34. The van der Waals surface area contributed by atoms with Crippen LogP contribution in [0.4, 0.5) is 0 Å². The van der Waals surface area contributed by atoms with Crippen LogP contribution in [0.15, 0.2) is 96.6 Å². The molecule has 1 spiro atoms. The predicted molar refractivity (Wildman–Crippen MR) is 244 cm³/mol. The minimum Gasteiger partial charge on any atom is -0.460 e. The standard InChI is InChI=1S/C51H62N2O15/c1-50(2,3)67-41(56)21-20-35(28-54)52-46(60)37(23-30-13-6-5-7-14-30)53(4)47(61)34-24-38(45-39(25-34)66-51(68-45)26-32-16-8-9-17-33(32)27-51)64-48(62)36-19-11-10-15-31(36)18-12-22-63-49-44(59)43(58)42(57)40(29-55)65-49/h5-19,25,35,37-40,42-45,49,54-55,57-59H,20-24,26-29H2,1-4H3,(H,52,60). The largest absolute Gasteiger partial charge is 0.460 e. The highest BCUT2D eigenvalue weighted by molar-refractivity contribution is 5.98. The maximum Gasteiger partial charge on any atom is 0.339 e. The summed E-state index contributed by atoms with van der Waals surface area (Å²) in [4.78, 5) is 57.0. The van der Waals surface area contributed by atoms with Crippen LogP contribution in [0.2, 0.25) is 0 Å². The number of carbonyl (C=O) groups excluding carboxylic acids is 4. The van der Waals surface area contributed by atoms with E-state index in [1.807, 2.05) is 54.6 Å². The average Bonchev–Trinajstić information content (AvgIpc) is 3.87. The van der Waals surface area contributed by atoms with Crippen molar-refractivity contribution in [3.8, 4) is 0 Å². The molecule has 68 heavy (non-hydrogen) atoms. The summed E-state index contributed by atoms with van der Waals surface area (Å²) in [5.41, 5.74) is 3.04.